The minimum atomic E-state index is -0.0782. The Kier molecular flexibility index (Phi) is 4.89. The van der Waals surface area contributed by atoms with E-state index in [4.69, 9.17) is 10.5 Å². The Hall–Kier alpha value is -3.85. The minimum Gasteiger partial charge on any atom is -0.457 e. The highest BCUT2D eigenvalue weighted by molar-refractivity contribution is 6.14. The van der Waals surface area contributed by atoms with Crippen LogP contribution in [0.2, 0.25) is 0 Å². The largest absolute Gasteiger partial charge is 0.457 e. The molecular formula is C25H19NO2. The van der Waals surface area contributed by atoms with Gasteiger partial charge in [-0.15, -0.1) is 0 Å². The number of carbonyl (C=O) groups excluding carboxylic acids is 1. The van der Waals surface area contributed by atoms with E-state index in [-0.39, 0.29) is 5.78 Å². The van der Waals surface area contributed by atoms with Crippen LogP contribution in [0.4, 0.5) is 5.69 Å². The van der Waals surface area contributed by atoms with Gasteiger partial charge in [-0.2, -0.15) is 0 Å². The Morgan fingerprint density at radius 2 is 1.32 bits per heavy atom. The first kappa shape index (κ1) is 17.6. The van der Waals surface area contributed by atoms with Gasteiger partial charge < -0.3 is 10.5 Å². The Balaban J connectivity index is 1.86. The first-order valence-electron chi connectivity index (χ1n) is 9.04. The van der Waals surface area contributed by atoms with Crippen molar-refractivity contribution in [3.63, 3.8) is 0 Å². The summed E-state index contributed by atoms with van der Waals surface area (Å²) >= 11 is 0. The van der Waals surface area contributed by atoms with Crippen molar-refractivity contribution in [3.05, 3.63) is 114 Å². The predicted molar refractivity (Wildman–Crippen MR) is 113 cm³/mol. The van der Waals surface area contributed by atoms with Gasteiger partial charge in [0.2, 0.25) is 0 Å². The maximum absolute atomic E-state index is 13.4. The monoisotopic (exact) mass is 365 g/mol. The van der Waals surface area contributed by atoms with Crippen LogP contribution in [0.1, 0.15) is 15.9 Å². The van der Waals surface area contributed by atoms with E-state index in [0.29, 0.717) is 28.3 Å². The average molecular weight is 365 g/mol. The lowest BCUT2D eigenvalue weighted by Gasteiger charge is -2.15. The van der Waals surface area contributed by atoms with Crippen LogP contribution in [0.25, 0.3) is 11.1 Å². The zero-order chi connectivity index (χ0) is 19.3. The van der Waals surface area contributed by atoms with Gasteiger partial charge in [0.1, 0.15) is 11.5 Å². The van der Waals surface area contributed by atoms with Crippen molar-refractivity contribution in [3.8, 4) is 22.6 Å². The number of nitrogens with two attached hydrogens (primary N) is 1. The van der Waals surface area contributed by atoms with E-state index in [1.54, 1.807) is 24.3 Å². The normalized spacial score (nSPS) is 10.4. The molecule has 0 aliphatic carbocycles. The fraction of sp³-hybridized carbons (Fsp3) is 0. The average Bonchev–Trinajstić information content (AvgIpc) is 2.76. The number of anilines is 1. The summed E-state index contributed by atoms with van der Waals surface area (Å²) in [5, 5.41) is 0. The first-order valence-corrected chi connectivity index (χ1v) is 9.04. The van der Waals surface area contributed by atoms with Crippen molar-refractivity contribution < 1.29 is 9.53 Å². The Morgan fingerprint density at radius 3 is 2.00 bits per heavy atom. The van der Waals surface area contributed by atoms with Gasteiger partial charge in [-0.25, -0.2) is 0 Å². The summed E-state index contributed by atoms with van der Waals surface area (Å²) in [4.78, 5) is 13.4. The van der Waals surface area contributed by atoms with E-state index in [1.165, 1.54) is 0 Å². The molecule has 4 rings (SSSR count). The molecule has 0 spiro atoms. The number of hydrogen-bond donors (Lipinski definition) is 1. The number of benzene rings is 4. The van der Waals surface area contributed by atoms with Gasteiger partial charge in [-0.1, -0.05) is 72.8 Å². The van der Waals surface area contributed by atoms with Gasteiger partial charge in [0.25, 0.3) is 0 Å². The molecule has 3 nitrogen and oxygen atoms in total. The number of hydrogen-bond acceptors (Lipinski definition) is 3. The summed E-state index contributed by atoms with van der Waals surface area (Å²) in [6.07, 6.45) is 0. The second-order valence-corrected chi connectivity index (χ2v) is 6.41. The van der Waals surface area contributed by atoms with Crippen molar-refractivity contribution in [2.45, 2.75) is 0 Å². The molecule has 0 aliphatic heterocycles. The molecule has 3 heteroatoms. The third-order valence-corrected chi connectivity index (χ3v) is 4.48. The van der Waals surface area contributed by atoms with Gasteiger partial charge in [0.15, 0.2) is 5.78 Å². The van der Waals surface area contributed by atoms with Crippen molar-refractivity contribution in [2.75, 3.05) is 5.73 Å². The molecule has 0 saturated heterocycles. The number of nitrogen functional groups attached to an aromatic ring is 1. The summed E-state index contributed by atoms with van der Waals surface area (Å²) in [6.45, 7) is 0. The van der Waals surface area contributed by atoms with E-state index in [2.05, 4.69) is 0 Å². The molecule has 2 N–H and O–H groups in total. The Morgan fingerprint density at radius 1 is 0.679 bits per heavy atom. The molecule has 136 valence electrons. The molecule has 4 aromatic carbocycles. The van der Waals surface area contributed by atoms with Gasteiger partial charge >= 0.3 is 0 Å². The molecule has 0 aliphatic rings. The lowest BCUT2D eigenvalue weighted by molar-refractivity contribution is 0.103. The lowest BCUT2D eigenvalue weighted by atomic mass is 9.93. The highest BCUT2D eigenvalue weighted by atomic mass is 16.5. The van der Waals surface area contributed by atoms with E-state index in [9.17, 15) is 4.79 Å². The van der Waals surface area contributed by atoms with Crippen LogP contribution in [0.3, 0.4) is 0 Å². The highest BCUT2D eigenvalue weighted by Gasteiger charge is 2.20. The molecule has 0 fully saturated rings. The molecule has 0 atom stereocenters. The Labute approximate surface area is 164 Å². The predicted octanol–water partition coefficient (Wildman–Crippen LogP) is 5.96. The van der Waals surface area contributed by atoms with Crippen LogP contribution >= 0.6 is 0 Å². The molecule has 0 saturated carbocycles. The molecule has 0 radical (unpaired) electrons. The summed E-state index contributed by atoms with van der Waals surface area (Å²) in [5.74, 6) is 1.06. The van der Waals surface area contributed by atoms with Crippen molar-refractivity contribution in [1.29, 1.82) is 0 Å². The summed E-state index contributed by atoms with van der Waals surface area (Å²) < 4.78 is 6.09. The fourth-order valence-electron chi connectivity index (χ4n) is 3.11. The minimum absolute atomic E-state index is 0.0782. The van der Waals surface area contributed by atoms with Crippen molar-refractivity contribution >= 4 is 11.5 Å². The van der Waals surface area contributed by atoms with Crippen LogP contribution < -0.4 is 10.5 Å². The molecular weight excluding hydrogens is 346 g/mol. The van der Waals surface area contributed by atoms with Crippen LogP contribution in [0.15, 0.2) is 103 Å². The van der Waals surface area contributed by atoms with Crippen molar-refractivity contribution in [1.82, 2.24) is 0 Å². The van der Waals surface area contributed by atoms with Crippen LogP contribution in [0, 0.1) is 0 Å². The van der Waals surface area contributed by atoms with E-state index in [1.807, 2.05) is 78.9 Å². The standard InChI is InChI=1S/C25H19NO2/c26-20-14-16-21(17-15-20)28-23-13-7-12-22(18-8-3-1-4-9-18)24(23)25(27)19-10-5-2-6-11-19/h1-17H,26H2. The number of ketones is 1. The first-order chi connectivity index (χ1) is 13.7. The number of ether oxygens (including phenoxy) is 1. The number of carbonyl (C=O) groups is 1. The summed E-state index contributed by atoms with van der Waals surface area (Å²) in [5.41, 5.74) is 9.38. The maximum atomic E-state index is 13.4. The van der Waals surface area contributed by atoms with Gasteiger partial charge in [0, 0.05) is 11.3 Å². The lowest BCUT2D eigenvalue weighted by Crippen LogP contribution is -2.06. The van der Waals surface area contributed by atoms with Crippen molar-refractivity contribution in [2.24, 2.45) is 0 Å². The second-order valence-electron chi connectivity index (χ2n) is 6.41. The number of rotatable bonds is 5. The molecule has 0 aromatic heterocycles. The quantitative estimate of drug-likeness (QED) is 0.351. The molecule has 4 aromatic rings. The highest BCUT2D eigenvalue weighted by Crippen LogP contribution is 2.35. The summed E-state index contributed by atoms with van der Waals surface area (Å²) in [7, 11) is 0. The summed E-state index contributed by atoms with van der Waals surface area (Å²) in [6, 6.07) is 31.9. The Bertz CT molecular complexity index is 1090. The smallest absolute Gasteiger partial charge is 0.197 e. The molecule has 28 heavy (non-hydrogen) atoms. The molecule has 0 heterocycles. The second kappa shape index (κ2) is 7.80. The third kappa shape index (κ3) is 3.64. The molecule has 0 unspecified atom stereocenters. The topological polar surface area (TPSA) is 52.3 Å². The molecule has 0 bridgehead atoms. The van der Waals surface area contributed by atoms with E-state index >= 15 is 0 Å². The van der Waals surface area contributed by atoms with E-state index < -0.39 is 0 Å². The van der Waals surface area contributed by atoms with Gasteiger partial charge in [-0.3, -0.25) is 4.79 Å². The van der Waals surface area contributed by atoms with Gasteiger partial charge in [0.05, 0.1) is 5.56 Å². The molecule has 0 amide bonds. The SMILES string of the molecule is Nc1ccc(Oc2cccc(-c3ccccc3)c2C(=O)c2ccccc2)cc1. The zero-order valence-corrected chi connectivity index (χ0v) is 15.2. The van der Waals surface area contributed by atoms with Crippen LogP contribution in [-0.2, 0) is 0 Å². The van der Waals surface area contributed by atoms with Crippen LogP contribution in [0.5, 0.6) is 11.5 Å². The third-order valence-electron chi connectivity index (χ3n) is 4.48. The maximum Gasteiger partial charge on any atom is 0.197 e. The van der Waals surface area contributed by atoms with E-state index in [0.717, 1.165) is 11.1 Å². The van der Waals surface area contributed by atoms with Crippen LogP contribution in [-0.4, -0.2) is 5.78 Å². The van der Waals surface area contributed by atoms with Gasteiger partial charge in [-0.05, 0) is 41.5 Å². The fourth-order valence-corrected chi connectivity index (χ4v) is 3.11. The zero-order valence-electron chi connectivity index (χ0n) is 15.2.